The zero-order valence-corrected chi connectivity index (χ0v) is 11.3. The van der Waals surface area contributed by atoms with Crippen molar-refractivity contribution >= 4 is 11.6 Å². The molecular formula is C14H21N3O. The van der Waals surface area contributed by atoms with Crippen LogP contribution in [0.3, 0.4) is 0 Å². The van der Waals surface area contributed by atoms with Crippen LogP contribution in [0.5, 0.6) is 0 Å². The summed E-state index contributed by atoms with van der Waals surface area (Å²) in [5.74, 6) is 0.0797. The molecule has 1 aliphatic rings. The predicted octanol–water partition coefficient (Wildman–Crippen LogP) is 1.17. The summed E-state index contributed by atoms with van der Waals surface area (Å²) in [6.45, 7) is 8.06. The van der Waals surface area contributed by atoms with E-state index in [0.29, 0.717) is 13.1 Å². The van der Waals surface area contributed by atoms with E-state index in [9.17, 15) is 4.79 Å². The van der Waals surface area contributed by atoms with Crippen LogP contribution in [0.4, 0.5) is 5.69 Å². The molecule has 0 aliphatic carbocycles. The molecule has 0 spiro atoms. The molecule has 0 saturated carbocycles. The van der Waals surface area contributed by atoms with Crippen molar-refractivity contribution in [2.24, 2.45) is 5.73 Å². The van der Waals surface area contributed by atoms with Crippen LogP contribution >= 0.6 is 0 Å². The molecule has 0 unspecified atom stereocenters. The summed E-state index contributed by atoms with van der Waals surface area (Å²) in [6, 6.07) is 6.20. The van der Waals surface area contributed by atoms with E-state index in [0.717, 1.165) is 17.8 Å². The maximum atomic E-state index is 12.0. The zero-order valence-electron chi connectivity index (χ0n) is 11.3. The highest BCUT2D eigenvalue weighted by Crippen LogP contribution is 2.29. The molecule has 1 aliphatic heterocycles. The van der Waals surface area contributed by atoms with Crippen LogP contribution in [-0.2, 0) is 11.3 Å². The van der Waals surface area contributed by atoms with Crippen molar-refractivity contribution in [3.8, 4) is 0 Å². The molecule has 4 nitrogen and oxygen atoms in total. The van der Waals surface area contributed by atoms with Gasteiger partial charge in [0.1, 0.15) is 5.54 Å². The second kappa shape index (κ2) is 4.61. The topological polar surface area (TPSA) is 58.4 Å². The summed E-state index contributed by atoms with van der Waals surface area (Å²) < 4.78 is 0. The first kappa shape index (κ1) is 12.9. The number of nitrogens with one attached hydrogen (secondary N) is 1. The Morgan fingerprint density at radius 1 is 1.44 bits per heavy atom. The Labute approximate surface area is 108 Å². The van der Waals surface area contributed by atoms with Gasteiger partial charge in [-0.25, -0.2) is 0 Å². The van der Waals surface area contributed by atoms with Gasteiger partial charge in [0.25, 0.3) is 0 Å². The van der Waals surface area contributed by atoms with Gasteiger partial charge in [-0.1, -0.05) is 12.1 Å². The predicted molar refractivity (Wildman–Crippen MR) is 73.5 cm³/mol. The van der Waals surface area contributed by atoms with Gasteiger partial charge in [0.05, 0.1) is 0 Å². The van der Waals surface area contributed by atoms with Crippen molar-refractivity contribution in [2.75, 3.05) is 18.0 Å². The van der Waals surface area contributed by atoms with Gasteiger partial charge in [0.2, 0.25) is 5.91 Å². The van der Waals surface area contributed by atoms with Gasteiger partial charge in [-0.3, -0.25) is 4.79 Å². The number of piperazine rings is 1. The molecule has 3 N–H and O–H groups in total. The highest BCUT2D eigenvalue weighted by atomic mass is 16.2. The van der Waals surface area contributed by atoms with E-state index in [1.807, 2.05) is 19.9 Å². The van der Waals surface area contributed by atoms with E-state index in [1.165, 1.54) is 5.56 Å². The smallest absolute Gasteiger partial charge is 0.245 e. The van der Waals surface area contributed by atoms with E-state index >= 15 is 0 Å². The standard InChI is InChI=1S/C14H21N3O/c1-10-8-11(9-15)4-5-12(10)17-7-6-16-13(18)14(17,2)3/h4-5,8H,6-7,9,15H2,1-3H3,(H,16,18). The molecule has 1 heterocycles. The third-order valence-electron chi connectivity index (χ3n) is 3.64. The Balaban J connectivity index is 2.38. The quantitative estimate of drug-likeness (QED) is 0.824. The molecule has 1 aromatic carbocycles. The average Bonchev–Trinajstić information content (AvgIpc) is 2.33. The fourth-order valence-corrected chi connectivity index (χ4v) is 2.47. The molecule has 0 aromatic heterocycles. The van der Waals surface area contributed by atoms with Gasteiger partial charge in [-0.05, 0) is 38.0 Å². The van der Waals surface area contributed by atoms with E-state index in [2.05, 4.69) is 29.3 Å². The Kier molecular flexibility index (Phi) is 3.30. The number of nitrogens with zero attached hydrogens (tertiary/aromatic N) is 1. The maximum Gasteiger partial charge on any atom is 0.245 e. The number of hydrogen-bond donors (Lipinski definition) is 2. The zero-order chi connectivity index (χ0) is 13.3. The lowest BCUT2D eigenvalue weighted by Gasteiger charge is -2.43. The number of benzene rings is 1. The Bertz CT molecular complexity index is 468. The van der Waals surface area contributed by atoms with Crippen molar-refractivity contribution in [3.63, 3.8) is 0 Å². The second-order valence-electron chi connectivity index (χ2n) is 5.29. The molecule has 1 aromatic rings. The van der Waals surface area contributed by atoms with Crippen molar-refractivity contribution < 1.29 is 4.79 Å². The Morgan fingerprint density at radius 3 is 2.78 bits per heavy atom. The summed E-state index contributed by atoms with van der Waals surface area (Å²) in [5.41, 5.74) is 8.54. The van der Waals surface area contributed by atoms with Crippen LogP contribution in [0.2, 0.25) is 0 Å². The highest BCUT2D eigenvalue weighted by molar-refractivity contribution is 5.90. The fraction of sp³-hybridized carbons (Fsp3) is 0.500. The van der Waals surface area contributed by atoms with Crippen molar-refractivity contribution in [1.29, 1.82) is 0 Å². The van der Waals surface area contributed by atoms with Crippen molar-refractivity contribution in [2.45, 2.75) is 32.9 Å². The van der Waals surface area contributed by atoms with E-state index < -0.39 is 5.54 Å². The van der Waals surface area contributed by atoms with Gasteiger partial charge in [-0.15, -0.1) is 0 Å². The third-order valence-corrected chi connectivity index (χ3v) is 3.64. The van der Waals surface area contributed by atoms with Gasteiger partial charge < -0.3 is 16.0 Å². The third kappa shape index (κ3) is 2.08. The summed E-state index contributed by atoms with van der Waals surface area (Å²) in [6.07, 6.45) is 0. The van der Waals surface area contributed by atoms with Crippen LogP contribution in [-0.4, -0.2) is 24.5 Å². The SMILES string of the molecule is Cc1cc(CN)ccc1N1CCNC(=O)C1(C)C. The first-order valence-corrected chi connectivity index (χ1v) is 6.32. The lowest BCUT2D eigenvalue weighted by molar-refractivity contribution is -0.126. The molecule has 4 heteroatoms. The van der Waals surface area contributed by atoms with Gasteiger partial charge in [0.15, 0.2) is 0 Å². The number of hydrogen-bond acceptors (Lipinski definition) is 3. The Morgan fingerprint density at radius 2 is 2.17 bits per heavy atom. The largest absolute Gasteiger partial charge is 0.356 e. The first-order valence-electron chi connectivity index (χ1n) is 6.32. The van der Waals surface area contributed by atoms with Gasteiger partial charge >= 0.3 is 0 Å². The maximum absolute atomic E-state index is 12.0. The number of aryl methyl sites for hydroxylation is 1. The normalized spacial score (nSPS) is 18.7. The molecule has 0 bridgehead atoms. The minimum Gasteiger partial charge on any atom is -0.356 e. The summed E-state index contributed by atoms with van der Waals surface area (Å²) >= 11 is 0. The molecule has 98 valence electrons. The molecule has 0 radical (unpaired) electrons. The van der Waals surface area contributed by atoms with Crippen LogP contribution in [0.15, 0.2) is 18.2 Å². The molecule has 0 atom stereocenters. The van der Waals surface area contributed by atoms with E-state index in [-0.39, 0.29) is 5.91 Å². The molecule has 18 heavy (non-hydrogen) atoms. The Hall–Kier alpha value is -1.55. The number of carbonyl (C=O) groups excluding carboxylic acids is 1. The molecule has 2 rings (SSSR count). The van der Waals surface area contributed by atoms with E-state index in [4.69, 9.17) is 5.73 Å². The minimum atomic E-state index is -0.507. The molecule has 1 fully saturated rings. The van der Waals surface area contributed by atoms with Gasteiger partial charge in [-0.2, -0.15) is 0 Å². The molecular weight excluding hydrogens is 226 g/mol. The van der Waals surface area contributed by atoms with Crippen molar-refractivity contribution in [1.82, 2.24) is 5.32 Å². The summed E-state index contributed by atoms with van der Waals surface area (Å²) in [4.78, 5) is 14.1. The summed E-state index contributed by atoms with van der Waals surface area (Å²) in [5, 5.41) is 2.91. The summed E-state index contributed by atoms with van der Waals surface area (Å²) in [7, 11) is 0. The van der Waals surface area contributed by atoms with Crippen LogP contribution < -0.4 is 16.0 Å². The number of anilines is 1. The minimum absolute atomic E-state index is 0.0797. The van der Waals surface area contributed by atoms with E-state index in [1.54, 1.807) is 0 Å². The average molecular weight is 247 g/mol. The first-order chi connectivity index (χ1) is 8.46. The number of nitrogens with two attached hydrogens (primary N) is 1. The highest BCUT2D eigenvalue weighted by Gasteiger charge is 2.38. The fourth-order valence-electron chi connectivity index (χ4n) is 2.47. The van der Waals surface area contributed by atoms with Crippen LogP contribution in [0.25, 0.3) is 0 Å². The lowest BCUT2D eigenvalue weighted by Crippen LogP contribution is -2.62. The van der Waals surface area contributed by atoms with Crippen LogP contribution in [0, 0.1) is 6.92 Å². The number of amides is 1. The van der Waals surface area contributed by atoms with Gasteiger partial charge in [0, 0.05) is 25.3 Å². The second-order valence-corrected chi connectivity index (χ2v) is 5.29. The van der Waals surface area contributed by atoms with Crippen LogP contribution in [0.1, 0.15) is 25.0 Å². The molecule has 1 saturated heterocycles. The number of carbonyl (C=O) groups is 1. The molecule has 1 amide bonds. The number of rotatable bonds is 2. The van der Waals surface area contributed by atoms with Crippen molar-refractivity contribution in [3.05, 3.63) is 29.3 Å². The monoisotopic (exact) mass is 247 g/mol. The lowest BCUT2D eigenvalue weighted by atomic mass is 9.96.